The molecule has 3 aromatic carbocycles. The molecule has 0 saturated carbocycles. The lowest BCUT2D eigenvalue weighted by molar-refractivity contribution is 0.221. The van der Waals surface area contributed by atoms with Gasteiger partial charge in [0.2, 0.25) is 0 Å². The van der Waals surface area contributed by atoms with Crippen molar-refractivity contribution in [3.05, 3.63) is 81.6 Å². The van der Waals surface area contributed by atoms with Crippen molar-refractivity contribution in [2.45, 2.75) is 13.0 Å². The summed E-state index contributed by atoms with van der Waals surface area (Å²) in [5.74, 6) is -0.271. The van der Waals surface area contributed by atoms with Gasteiger partial charge in [-0.1, -0.05) is 52.3 Å². The molecule has 0 saturated heterocycles. The first kappa shape index (κ1) is 14.2. The predicted molar refractivity (Wildman–Crippen MR) is 86.8 cm³/mol. The number of benzene rings is 3. The largest absolute Gasteiger partial charge is 0.384 e. The molecule has 3 aromatic rings. The molecule has 1 unspecified atom stereocenters. The summed E-state index contributed by atoms with van der Waals surface area (Å²) in [5, 5.41) is 12.0. The number of hydrogen-bond donors (Lipinski definition) is 1. The number of aryl methyl sites for hydroxylation is 1. The Morgan fingerprint density at radius 1 is 0.952 bits per heavy atom. The van der Waals surface area contributed by atoms with Crippen LogP contribution in [-0.4, -0.2) is 5.11 Å². The lowest BCUT2D eigenvalue weighted by Gasteiger charge is -2.17. The Hall–Kier alpha value is -1.71. The van der Waals surface area contributed by atoms with E-state index < -0.39 is 6.10 Å². The normalized spacial score (nSPS) is 12.6. The average molecular weight is 345 g/mol. The second-order valence-electron chi connectivity index (χ2n) is 5.09. The van der Waals surface area contributed by atoms with Crippen LogP contribution in [0.15, 0.2) is 59.1 Å². The molecule has 0 fully saturated rings. The third-order valence-electron chi connectivity index (χ3n) is 3.74. The van der Waals surface area contributed by atoms with Crippen LogP contribution in [0.25, 0.3) is 10.8 Å². The summed E-state index contributed by atoms with van der Waals surface area (Å²) in [7, 11) is 0. The molecular formula is C18H14BrFO. The van der Waals surface area contributed by atoms with Crippen LogP contribution in [0.2, 0.25) is 0 Å². The fourth-order valence-corrected chi connectivity index (χ4v) is 2.98. The third kappa shape index (κ3) is 2.59. The van der Waals surface area contributed by atoms with Gasteiger partial charge in [0.25, 0.3) is 0 Å². The number of rotatable bonds is 2. The molecule has 1 atom stereocenters. The number of hydrogen-bond acceptors (Lipinski definition) is 1. The smallest absolute Gasteiger partial charge is 0.131 e. The molecule has 0 amide bonds. The topological polar surface area (TPSA) is 20.2 Å². The van der Waals surface area contributed by atoms with Crippen molar-refractivity contribution < 1.29 is 9.50 Å². The maximum Gasteiger partial charge on any atom is 0.131 e. The van der Waals surface area contributed by atoms with Crippen LogP contribution < -0.4 is 0 Å². The van der Waals surface area contributed by atoms with E-state index in [9.17, 15) is 9.50 Å². The van der Waals surface area contributed by atoms with E-state index in [1.165, 1.54) is 6.07 Å². The molecule has 0 aliphatic carbocycles. The number of halogens is 2. The van der Waals surface area contributed by atoms with Crippen LogP contribution in [0.4, 0.5) is 4.39 Å². The molecule has 0 spiro atoms. The highest BCUT2D eigenvalue weighted by Gasteiger charge is 2.17. The fraction of sp³-hybridized carbons (Fsp3) is 0.111. The fourth-order valence-electron chi connectivity index (χ4n) is 2.60. The maximum atomic E-state index is 13.9. The zero-order valence-corrected chi connectivity index (χ0v) is 13.1. The van der Waals surface area contributed by atoms with Gasteiger partial charge in [0.1, 0.15) is 11.9 Å². The van der Waals surface area contributed by atoms with E-state index in [0.29, 0.717) is 10.9 Å². The first-order valence-electron chi connectivity index (χ1n) is 6.69. The van der Waals surface area contributed by atoms with Gasteiger partial charge in [-0.05, 0) is 47.2 Å². The number of aliphatic hydroxyl groups is 1. The minimum atomic E-state index is -0.784. The molecule has 1 nitrogen and oxygen atoms in total. The van der Waals surface area contributed by atoms with Crippen molar-refractivity contribution in [2.75, 3.05) is 0 Å². The molecule has 0 bridgehead atoms. The molecule has 106 valence electrons. The summed E-state index contributed by atoms with van der Waals surface area (Å²) in [6.45, 7) is 1.96. The van der Waals surface area contributed by atoms with Crippen molar-refractivity contribution in [1.82, 2.24) is 0 Å². The Morgan fingerprint density at radius 2 is 1.67 bits per heavy atom. The van der Waals surface area contributed by atoms with Crippen LogP contribution >= 0.6 is 15.9 Å². The van der Waals surface area contributed by atoms with Gasteiger partial charge < -0.3 is 5.11 Å². The summed E-state index contributed by atoms with van der Waals surface area (Å²) >= 11 is 3.43. The quantitative estimate of drug-likeness (QED) is 0.683. The molecule has 1 N–H and O–H groups in total. The van der Waals surface area contributed by atoms with Gasteiger partial charge in [-0.25, -0.2) is 4.39 Å². The standard InChI is InChI=1S/C18H14BrFO/c1-11-6-7-12(19)10-16(11)18(21)15-8-9-17(20)14-5-3-2-4-13(14)15/h2-10,18,21H,1H3. The summed E-state index contributed by atoms with van der Waals surface area (Å²) < 4.78 is 14.8. The minimum absolute atomic E-state index is 0.271. The zero-order valence-electron chi connectivity index (χ0n) is 11.5. The first-order valence-corrected chi connectivity index (χ1v) is 7.48. The maximum absolute atomic E-state index is 13.9. The van der Waals surface area contributed by atoms with Gasteiger partial charge in [-0.2, -0.15) is 0 Å². The van der Waals surface area contributed by atoms with Crippen LogP contribution in [0.5, 0.6) is 0 Å². The van der Waals surface area contributed by atoms with E-state index in [-0.39, 0.29) is 5.82 Å². The van der Waals surface area contributed by atoms with Gasteiger partial charge >= 0.3 is 0 Å². The van der Waals surface area contributed by atoms with Crippen LogP contribution in [0, 0.1) is 12.7 Å². The van der Waals surface area contributed by atoms with E-state index in [1.54, 1.807) is 18.2 Å². The van der Waals surface area contributed by atoms with Crippen LogP contribution in [-0.2, 0) is 0 Å². The third-order valence-corrected chi connectivity index (χ3v) is 4.23. The van der Waals surface area contributed by atoms with Gasteiger partial charge in [0.15, 0.2) is 0 Å². The Bertz CT molecular complexity index is 813. The summed E-state index contributed by atoms with van der Waals surface area (Å²) in [5.41, 5.74) is 2.54. The lowest BCUT2D eigenvalue weighted by atomic mass is 9.93. The Balaban J connectivity index is 2.20. The molecule has 0 aromatic heterocycles. The Labute approximate surface area is 131 Å². The second-order valence-corrected chi connectivity index (χ2v) is 6.00. The van der Waals surface area contributed by atoms with E-state index in [1.807, 2.05) is 37.3 Å². The Morgan fingerprint density at radius 3 is 2.43 bits per heavy atom. The second kappa shape index (κ2) is 5.58. The first-order chi connectivity index (χ1) is 10.1. The highest BCUT2D eigenvalue weighted by atomic mass is 79.9. The monoisotopic (exact) mass is 344 g/mol. The highest BCUT2D eigenvalue weighted by molar-refractivity contribution is 9.10. The average Bonchev–Trinajstić information content (AvgIpc) is 2.50. The number of aliphatic hydroxyl groups excluding tert-OH is 1. The Kier molecular flexibility index (Phi) is 3.79. The molecule has 0 aliphatic heterocycles. The highest BCUT2D eigenvalue weighted by Crippen LogP contribution is 2.32. The van der Waals surface area contributed by atoms with Crippen molar-refractivity contribution >= 4 is 26.7 Å². The molecule has 0 heterocycles. The van der Waals surface area contributed by atoms with Gasteiger partial charge in [-0.3, -0.25) is 0 Å². The van der Waals surface area contributed by atoms with Gasteiger partial charge in [0.05, 0.1) is 0 Å². The van der Waals surface area contributed by atoms with E-state index in [4.69, 9.17) is 0 Å². The van der Waals surface area contributed by atoms with Crippen molar-refractivity contribution in [3.63, 3.8) is 0 Å². The molecule has 3 heteroatoms. The summed E-state index contributed by atoms with van der Waals surface area (Å²) in [4.78, 5) is 0. The van der Waals surface area contributed by atoms with Gasteiger partial charge in [-0.15, -0.1) is 0 Å². The van der Waals surface area contributed by atoms with Crippen LogP contribution in [0.3, 0.4) is 0 Å². The van der Waals surface area contributed by atoms with E-state index in [0.717, 1.165) is 21.0 Å². The minimum Gasteiger partial charge on any atom is -0.384 e. The molecular weight excluding hydrogens is 331 g/mol. The van der Waals surface area contributed by atoms with Crippen molar-refractivity contribution in [1.29, 1.82) is 0 Å². The summed E-state index contributed by atoms with van der Waals surface area (Å²) in [6, 6.07) is 16.1. The van der Waals surface area contributed by atoms with E-state index in [2.05, 4.69) is 15.9 Å². The molecule has 3 rings (SSSR count). The molecule has 21 heavy (non-hydrogen) atoms. The van der Waals surface area contributed by atoms with Crippen LogP contribution in [0.1, 0.15) is 22.8 Å². The zero-order chi connectivity index (χ0) is 15.0. The SMILES string of the molecule is Cc1ccc(Br)cc1C(O)c1ccc(F)c2ccccc12. The number of fused-ring (bicyclic) bond motifs is 1. The predicted octanol–water partition coefficient (Wildman–Crippen LogP) is 5.13. The molecule has 0 radical (unpaired) electrons. The van der Waals surface area contributed by atoms with Crippen molar-refractivity contribution in [3.8, 4) is 0 Å². The van der Waals surface area contributed by atoms with E-state index >= 15 is 0 Å². The lowest BCUT2D eigenvalue weighted by Crippen LogP contribution is -2.03. The summed E-state index contributed by atoms with van der Waals surface area (Å²) in [6.07, 6.45) is -0.784. The van der Waals surface area contributed by atoms with Gasteiger partial charge in [0, 0.05) is 9.86 Å². The molecule has 0 aliphatic rings. The van der Waals surface area contributed by atoms with Crippen molar-refractivity contribution in [2.24, 2.45) is 0 Å².